The molecule has 0 aliphatic heterocycles. The van der Waals surface area contributed by atoms with Gasteiger partial charge in [0.1, 0.15) is 0 Å². The van der Waals surface area contributed by atoms with E-state index in [1.807, 2.05) is 6.92 Å². The Morgan fingerprint density at radius 3 is 1.73 bits per heavy atom. The summed E-state index contributed by atoms with van der Waals surface area (Å²) >= 11 is 0. The molecule has 11 heavy (non-hydrogen) atoms. The standard InChI is InChI=1S/C6H14.C4H9N/c1-4-5-6(2)3;1-3-4(2)5/h6H,4-5H2,1-3H3;2-3,5H2,1H3. The average Bonchev–Trinajstić information content (AvgIpc) is 1.89. The van der Waals surface area contributed by atoms with Gasteiger partial charge in [-0.25, -0.2) is 0 Å². The number of allylic oxidation sites excluding steroid dienone is 1. The fraction of sp³-hybridized carbons (Fsp3) is 0.800. The largest absolute Gasteiger partial charge is 0.403 e. The second-order valence-corrected chi connectivity index (χ2v) is 3.19. The Labute approximate surface area is 71.7 Å². The normalized spacial score (nSPS) is 8.82. The smallest absolute Gasteiger partial charge is 0.000466 e. The van der Waals surface area contributed by atoms with Crippen molar-refractivity contribution in [2.45, 2.75) is 47.0 Å². The number of rotatable bonds is 3. The Balaban J connectivity index is 0. The highest BCUT2D eigenvalue weighted by Gasteiger charge is 1.85. The summed E-state index contributed by atoms with van der Waals surface area (Å²) in [7, 11) is 0. The zero-order chi connectivity index (χ0) is 9.28. The lowest BCUT2D eigenvalue weighted by molar-refractivity contribution is 0.576. The van der Waals surface area contributed by atoms with Crippen LogP contribution in [0.2, 0.25) is 0 Å². The summed E-state index contributed by atoms with van der Waals surface area (Å²) in [5.74, 6) is 0.898. The molecule has 0 aromatic heterocycles. The second kappa shape index (κ2) is 9.54. The number of nitrogens with two attached hydrogens (primary N) is 1. The highest BCUT2D eigenvalue weighted by Crippen LogP contribution is 2.00. The van der Waals surface area contributed by atoms with E-state index in [4.69, 9.17) is 5.73 Å². The predicted octanol–water partition coefficient (Wildman–Crippen LogP) is 3.31. The molecule has 0 heterocycles. The molecule has 1 heteroatoms. The monoisotopic (exact) mass is 157 g/mol. The quantitative estimate of drug-likeness (QED) is 0.668. The lowest BCUT2D eigenvalue weighted by Gasteiger charge is -1.95. The second-order valence-electron chi connectivity index (χ2n) is 3.19. The van der Waals surface area contributed by atoms with E-state index in [9.17, 15) is 0 Å². The van der Waals surface area contributed by atoms with Gasteiger partial charge in [-0.3, -0.25) is 0 Å². The Hall–Kier alpha value is -0.460. The molecule has 0 radical (unpaired) electrons. The van der Waals surface area contributed by atoms with Gasteiger partial charge in [-0.1, -0.05) is 47.1 Å². The molecule has 0 aromatic carbocycles. The van der Waals surface area contributed by atoms with Crippen LogP contribution in [-0.4, -0.2) is 0 Å². The molecule has 0 unspecified atom stereocenters. The van der Waals surface area contributed by atoms with Gasteiger partial charge in [-0.2, -0.15) is 0 Å². The summed E-state index contributed by atoms with van der Waals surface area (Å²) in [6, 6.07) is 0. The first-order valence-electron chi connectivity index (χ1n) is 4.47. The number of hydrogen-bond acceptors (Lipinski definition) is 1. The van der Waals surface area contributed by atoms with E-state index >= 15 is 0 Å². The minimum atomic E-state index is 0.755. The summed E-state index contributed by atoms with van der Waals surface area (Å²) in [4.78, 5) is 0. The van der Waals surface area contributed by atoms with Crippen molar-refractivity contribution in [3.63, 3.8) is 0 Å². The molecule has 0 amide bonds. The van der Waals surface area contributed by atoms with Gasteiger partial charge in [0.15, 0.2) is 0 Å². The molecule has 68 valence electrons. The van der Waals surface area contributed by atoms with Gasteiger partial charge < -0.3 is 5.73 Å². The highest BCUT2D eigenvalue weighted by atomic mass is 14.5. The van der Waals surface area contributed by atoms with Crippen LogP contribution in [0, 0.1) is 5.92 Å². The molecule has 0 saturated heterocycles. The Morgan fingerprint density at radius 2 is 1.73 bits per heavy atom. The van der Waals surface area contributed by atoms with E-state index in [2.05, 4.69) is 27.4 Å². The summed E-state index contributed by atoms with van der Waals surface area (Å²) in [6.45, 7) is 12.2. The van der Waals surface area contributed by atoms with E-state index in [0.29, 0.717) is 0 Å². The maximum atomic E-state index is 5.10. The zero-order valence-electron chi connectivity index (χ0n) is 8.48. The summed E-state index contributed by atoms with van der Waals surface area (Å²) in [5.41, 5.74) is 5.85. The highest BCUT2D eigenvalue weighted by molar-refractivity contribution is 4.82. The van der Waals surface area contributed by atoms with Crippen molar-refractivity contribution in [3.8, 4) is 0 Å². The van der Waals surface area contributed by atoms with Gasteiger partial charge in [-0.15, -0.1) is 0 Å². The molecule has 0 atom stereocenters. The third-order valence-electron chi connectivity index (χ3n) is 1.32. The Morgan fingerprint density at radius 1 is 1.36 bits per heavy atom. The third-order valence-corrected chi connectivity index (χ3v) is 1.32. The molecular weight excluding hydrogens is 134 g/mol. The Kier molecular flexibility index (Phi) is 11.4. The molecule has 0 rings (SSSR count). The van der Waals surface area contributed by atoms with E-state index in [-0.39, 0.29) is 0 Å². The van der Waals surface area contributed by atoms with Crippen LogP contribution in [0.25, 0.3) is 0 Å². The van der Waals surface area contributed by atoms with Crippen LogP contribution >= 0.6 is 0 Å². The van der Waals surface area contributed by atoms with Gasteiger partial charge in [0.05, 0.1) is 0 Å². The van der Waals surface area contributed by atoms with Crippen molar-refractivity contribution in [1.82, 2.24) is 0 Å². The zero-order valence-corrected chi connectivity index (χ0v) is 8.48. The average molecular weight is 157 g/mol. The molecule has 1 nitrogen and oxygen atoms in total. The van der Waals surface area contributed by atoms with Crippen LogP contribution in [0.5, 0.6) is 0 Å². The van der Waals surface area contributed by atoms with Crippen molar-refractivity contribution in [1.29, 1.82) is 0 Å². The SMILES string of the molecule is C=C(N)CC.CCCC(C)C. The fourth-order valence-corrected chi connectivity index (χ4v) is 0.577. The van der Waals surface area contributed by atoms with Crippen molar-refractivity contribution < 1.29 is 0 Å². The fourth-order valence-electron chi connectivity index (χ4n) is 0.577. The summed E-state index contributed by atoms with van der Waals surface area (Å²) in [5, 5.41) is 0. The maximum absolute atomic E-state index is 5.10. The van der Waals surface area contributed by atoms with Gasteiger partial charge in [-0.05, 0) is 12.3 Å². The first-order valence-corrected chi connectivity index (χ1v) is 4.47. The van der Waals surface area contributed by atoms with Crippen LogP contribution in [0.1, 0.15) is 47.0 Å². The molecule has 0 bridgehead atoms. The third kappa shape index (κ3) is 26.3. The predicted molar refractivity (Wildman–Crippen MR) is 53.4 cm³/mol. The molecule has 0 fully saturated rings. The van der Waals surface area contributed by atoms with E-state index in [1.54, 1.807) is 0 Å². The van der Waals surface area contributed by atoms with Crippen LogP contribution in [0.3, 0.4) is 0 Å². The molecule has 0 saturated carbocycles. The molecule has 0 aromatic rings. The lowest BCUT2D eigenvalue weighted by Crippen LogP contribution is -1.89. The Bertz CT molecular complexity index is 84.9. The number of hydrogen-bond donors (Lipinski definition) is 1. The molecular formula is C10H23N. The molecule has 0 spiro atoms. The van der Waals surface area contributed by atoms with Crippen molar-refractivity contribution in [3.05, 3.63) is 12.3 Å². The summed E-state index contributed by atoms with van der Waals surface area (Å²) < 4.78 is 0. The molecule has 2 N–H and O–H groups in total. The molecule has 0 aliphatic carbocycles. The van der Waals surface area contributed by atoms with Crippen molar-refractivity contribution in [2.75, 3.05) is 0 Å². The molecule has 0 aliphatic rings. The minimum Gasteiger partial charge on any atom is -0.403 e. The van der Waals surface area contributed by atoms with Crippen LogP contribution < -0.4 is 5.73 Å². The van der Waals surface area contributed by atoms with Crippen molar-refractivity contribution >= 4 is 0 Å². The van der Waals surface area contributed by atoms with E-state index in [1.165, 1.54) is 12.8 Å². The van der Waals surface area contributed by atoms with Crippen LogP contribution in [0.4, 0.5) is 0 Å². The van der Waals surface area contributed by atoms with Crippen LogP contribution in [0.15, 0.2) is 12.3 Å². The van der Waals surface area contributed by atoms with Gasteiger partial charge in [0.2, 0.25) is 0 Å². The van der Waals surface area contributed by atoms with Gasteiger partial charge in [0, 0.05) is 5.70 Å². The topological polar surface area (TPSA) is 26.0 Å². The van der Waals surface area contributed by atoms with Gasteiger partial charge in [0.25, 0.3) is 0 Å². The lowest BCUT2D eigenvalue weighted by atomic mass is 10.1. The van der Waals surface area contributed by atoms with E-state index in [0.717, 1.165) is 18.0 Å². The first kappa shape index (κ1) is 13.2. The van der Waals surface area contributed by atoms with E-state index < -0.39 is 0 Å². The maximum Gasteiger partial charge on any atom is 0.000466 e. The van der Waals surface area contributed by atoms with Crippen LogP contribution in [-0.2, 0) is 0 Å². The minimum absolute atomic E-state index is 0.755. The summed E-state index contributed by atoms with van der Waals surface area (Å²) in [6.07, 6.45) is 3.59. The van der Waals surface area contributed by atoms with Gasteiger partial charge >= 0.3 is 0 Å². The first-order chi connectivity index (χ1) is 5.04. The van der Waals surface area contributed by atoms with Crippen molar-refractivity contribution in [2.24, 2.45) is 11.7 Å².